The monoisotopic (exact) mass is 371 g/mol. The molecule has 0 bridgehead atoms. The van der Waals surface area contributed by atoms with Crippen LogP contribution >= 0.6 is 0 Å². The highest BCUT2D eigenvalue weighted by Crippen LogP contribution is 2.30. The first-order valence-electron chi connectivity index (χ1n) is 9.78. The van der Waals surface area contributed by atoms with Gasteiger partial charge in [0.05, 0.1) is 23.3 Å². The molecule has 4 aromatic rings. The number of nitrogens with two attached hydrogens (primary N) is 1. The number of aromatic nitrogens is 1. The first-order valence-corrected chi connectivity index (χ1v) is 9.78. The van der Waals surface area contributed by atoms with E-state index in [9.17, 15) is 0 Å². The van der Waals surface area contributed by atoms with Gasteiger partial charge in [0, 0.05) is 17.3 Å². The molecule has 0 saturated carbocycles. The third kappa shape index (κ3) is 4.07. The molecule has 0 amide bonds. The van der Waals surface area contributed by atoms with Crippen molar-refractivity contribution < 1.29 is 4.74 Å². The number of hydrogen-bond acceptors (Lipinski definition) is 4. The van der Waals surface area contributed by atoms with Gasteiger partial charge in [-0.2, -0.15) is 0 Å². The van der Waals surface area contributed by atoms with E-state index in [0.29, 0.717) is 13.2 Å². The molecule has 0 unspecified atom stereocenters. The number of rotatable bonds is 8. The molecule has 0 spiro atoms. The van der Waals surface area contributed by atoms with Crippen LogP contribution in [0.4, 0.5) is 5.69 Å². The molecular formula is C24H25N3O. The molecule has 28 heavy (non-hydrogen) atoms. The van der Waals surface area contributed by atoms with E-state index in [2.05, 4.69) is 53.8 Å². The van der Waals surface area contributed by atoms with Gasteiger partial charge in [0.1, 0.15) is 5.75 Å². The van der Waals surface area contributed by atoms with E-state index in [0.717, 1.165) is 52.6 Å². The molecule has 1 heterocycles. The van der Waals surface area contributed by atoms with Crippen LogP contribution in [0.15, 0.2) is 72.8 Å². The van der Waals surface area contributed by atoms with E-state index < -0.39 is 0 Å². The zero-order valence-electron chi connectivity index (χ0n) is 15.9. The average Bonchev–Trinajstić information content (AvgIpc) is 2.74. The third-order valence-electron chi connectivity index (χ3n) is 4.84. The van der Waals surface area contributed by atoms with Gasteiger partial charge in [-0.25, -0.2) is 4.98 Å². The van der Waals surface area contributed by atoms with Crippen LogP contribution in [0.5, 0.6) is 5.75 Å². The summed E-state index contributed by atoms with van der Waals surface area (Å²) < 4.78 is 5.87. The lowest BCUT2D eigenvalue weighted by atomic mass is 10.1. The smallest absolute Gasteiger partial charge is 0.119 e. The number of para-hydroxylation sites is 2. The first-order chi connectivity index (χ1) is 13.8. The lowest BCUT2D eigenvalue weighted by molar-refractivity contribution is 0.315. The van der Waals surface area contributed by atoms with Crippen molar-refractivity contribution in [3.8, 4) is 5.75 Å². The van der Waals surface area contributed by atoms with E-state index in [1.807, 2.05) is 24.3 Å². The van der Waals surface area contributed by atoms with Gasteiger partial charge in [-0.1, -0.05) is 48.5 Å². The minimum absolute atomic E-state index is 0.671. The van der Waals surface area contributed by atoms with Gasteiger partial charge in [0.15, 0.2) is 0 Å². The summed E-state index contributed by atoms with van der Waals surface area (Å²) in [6, 6.07) is 24.7. The fourth-order valence-corrected chi connectivity index (χ4v) is 3.42. The highest BCUT2D eigenvalue weighted by atomic mass is 16.5. The van der Waals surface area contributed by atoms with Crippen molar-refractivity contribution in [3.63, 3.8) is 0 Å². The second-order valence-electron chi connectivity index (χ2n) is 6.83. The number of benzene rings is 3. The summed E-state index contributed by atoms with van der Waals surface area (Å²) in [6.07, 6.45) is 1.81. The number of hydrogen-bond donors (Lipinski definition) is 2. The Labute approximate surface area is 165 Å². The fourth-order valence-electron chi connectivity index (χ4n) is 3.42. The topological polar surface area (TPSA) is 60.2 Å². The highest BCUT2D eigenvalue weighted by molar-refractivity contribution is 6.07. The Balaban J connectivity index is 1.40. The molecule has 0 radical (unpaired) electrons. The van der Waals surface area contributed by atoms with Crippen molar-refractivity contribution in [1.29, 1.82) is 0 Å². The predicted molar refractivity (Wildman–Crippen MR) is 117 cm³/mol. The Morgan fingerprint density at radius 1 is 0.821 bits per heavy atom. The van der Waals surface area contributed by atoms with Crippen molar-refractivity contribution in [2.24, 2.45) is 5.73 Å². The van der Waals surface area contributed by atoms with Crippen LogP contribution in [-0.2, 0) is 6.42 Å². The van der Waals surface area contributed by atoms with E-state index in [1.54, 1.807) is 0 Å². The molecular weight excluding hydrogens is 346 g/mol. The molecule has 1 aromatic heterocycles. The Kier molecular flexibility index (Phi) is 5.69. The van der Waals surface area contributed by atoms with Gasteiger partial charge in [0.25, 0.3) is 0 Å². The minimum atomic E-state index is 0.671. The molecule has 4 nitrogen and oxygen atoms in total. The SMILES string of the molecule is NCCc1ccc(OCCCNc2c3ccccc3nc3ccccc23)cc1. The fraction of sp³-hybridized carbons (Fsp3) is 0.208. The molecule has 4 heteroatoms. The average molecular weight is 371 g/mol. The molecule has 4 rings (SSSR count). The summed E-state index contributed by atoms with van der Waals surface area (Å²) in [5.74, 6) is 0.903. The number of nitrogens with zero attached hydrogens (tertiary/aromatic N) is 1. The van der Waals surface area contributed by atoms with Gasteiger partial charge >= 0.3 is 0 Å². The molecule has 0 saturated heterocycles. The quantitative estimate of drug-likeness (QED) is 0.346. The summed E-state index contributed by atoms with van der Waals surface area (Å²) in [4.78, 5) is 4.77. The van der Waals surface area contributed by atoms with Gasteiger partial charge in [-0.3, -0.25) is 0 Å². The normalized spacial score (nSPS) is 11.0. The van der Waals surface area contributed by atoms with Crippen LogP contribution in [0.2, 0.25) is 0 Å². The third-order valence-corrected chi connectivity index (χ3v) is 4.84. The van der Waals surface area contributed by atoms with Gasteiger partial charge in [-0.05, 0) is 49.2 Å². The Bertz CT molecular complexity index is 1010. The van der Waals surface area contributed by atoms with Gasteiger partial charge in [-0.15, -0.1) is 0 Å². The Morgan fingerprint density at radius 3 is 2.11 bits per heavy atom. The number of anilines is 1. The van der Waals surface area contributed by atoms with Crippen molar-refractivity contribution in [3.05, 3.63) is 78.4 Å². The standard InChI is InChI=1S/C24H25N3O/c25-15-14-18-10-12-19(13-11-18)28-17-5-16-26-24-20-6-1-3-8-22(20)27-23-9-4-2-7-21(23)24/h1-4,6-13H,5,14-17,25H2,(H,26,27). The molecule has 3 aromatic carbocycles. The summed E-state index contributed by atoms with van der Waals surface area (Å²) >= 11 is 0. The zero-order chi connectivity index (χ0) is 19.2. The number of fused-ring (bicyclic) bond motifs is 2. The molecule has 0 atom stereocenters. The molecule has 0 aliphatic carbocycles. The molecule has 0 aliphatic rings. The number of ether oxygens (including phenoxy) is 1. The lowest BCUT2D eigenvalue weighted by Gasteiger charge is -2.13. The second-order valence-corrected chi connectivity index (χ2v) is 6.83. The van der Waals surface area contributed by atoms with Crippen molar-refractivity contribution in [2.75, 3.05) is 25.0 Å². The zero-order valence-corrected chi connectivity index (χ0v) is 15.9. The summed E-state index contributed by atoms with van der Waals surface area (Å²) in [5, 5.41) is 5.91. The Hall–Kier alpha value is -3.11. The summed E-state index contributed by atoms with van der Waals surface area (Å²) in [6.45, 7) is 2.18. The maximum absolute atomic E-state index is 5.87. The van der Waals surface area contributed by atoms with Crippen LogP contribution < -0.4 is 15.8 Å². The van der Waals surface area contributed by atoms with E-state index in [4.69, 9.17) is 15.5 Å². The second kappa shape index (κ2) is 8.72. The van der Waals surface area contributed by atoms with Crippen LogP contribution in [0.1, 0.15) is 12.0 Å². The Morgan fingerprint density at radius 2 is 1.46 bits per heavy atom. The molecule has 0 fully saturated rings. The maximum atomic E-state index is 5.87. The first kappa shape index (κ1) is 18.3. The van der Waals surface area contributed by atoms with E-state index >= 15 is 0 Å². The van der Waals surface area contributed by atoms with Crippen LogP contribution in [0.3, 0.4) is 0 Å². The minimum Gasteiger partial charge on any atom is -0.494 e. The van der Waals surface area contributed by atoms with Crippen LogP contribution in [0, 0.1) is 0 Å². The summed E-state index contributed by atoms with van der Waals surface area (Å²) in [7, 11) is 0. The largest absolute Gasteiger partial charge is 0.494 e. The number of pyridine rings is 1. The van der Waals surface area contributed by atoms with Crippen molar-refractivity contribution in [1.82, 2.24) is 4.98 Å². The van der Waals surface area contributed by atoms with Gasteiger partial charge in [0.2, 0.25) is 0 Å². The number of nitrogens with one attached hydrogen (secondary N) is 1. The lowest BCUT2D eigenvalue weighted by Crippen LogP contribution is -2.08. The van der Waals surface area contributed by atoms with Crippen LogP contribution in [-0.4, -0.2) is 24.7 Å². The predicted octanol–water partition coefficient (Wildman–Crippen LogP) is 4.77. The van der Waals surface area contributed by atoms with Gasteiger partial charge < -0.3 is 15.8 Å². The van der Waals surface area contributed by atoms with Crippen molar-refractivity contribution >= 4 is 27.5 Å². The summed E-state index contributed by atoms with van der Waals surface area (Å²) in [5.41, 5.74) is 10.00. The molecule has 142 valence electrons. The van der Waals surface area contributed by atoms with E-state index in [-0.39, 0.29) is 0 Å². The van der Waals surface area contributed by atoms with Crippen molar-refractivity contribution in [2.45, 2.75) is 12.8 Å². The van der Waals surface area contributed by atoms with E-state index in [1.165, 1.54) is 5.56 Å². The highest BCUT2D eigenvalue weighted by Gasteiger charge is 2.08. The van der Waals surface area contributed by atoms with Crippen LogP contribution in [0.25, 0.3) is 21.8 Å². The maximum Gasteiger partial charge on any atom is 0.119 e. The molecule has 3 N–H and O–H groups in total. The molecule has 0 aliphatic heterocycles.